The molecule has 88 valence electrons. The Morgan fingerprint density at radius 1 is 1.31 bits per heavy atom. The van der Waals surface area contributed by atoms with Gasteiger partial charge in [-0.25, -0.2) is 9.97 Å². The highest BCUT2D eigenvalue weighted by atomic mass is 127. The number of rotatable bonds is 2. The average Bonchev–Trinajstić information content (AvgIpc) is 2.31. The Balaban J connectivity index is 2.14. The van der Waals surface area contributed by atoms with Crippen LogP contribution >= 0.6 is 22.6 Å². The minimum absolute atomic E-state index is 0.894. The first-order valence-electron chi connectivity index (χ1n) is 5.65. The van der Waals surface area contributed by atoms with Crippen molar-refractivity contribution in [2.24, 2.45) is 0 Å². The summed E-state index contributed by atoms with van der Waals surface area (Å²) in [5.74, 6) is 0.894. The Morgan fingerprint density at radius 2 is 2.00 bits per heavy atom. The molecule has 1 fully saturated rings. The van der Waals surface area contributed by atoms with Gasteiger partial charge >= 0.3 is 0 Å². The molecule has 16 heavy (non-hydrogen) atoms. The molecule has 1 aromatic rings. The zero-order chi connectivity index (χ0) is 11.5. The molecular formula is C11H17IN4. The number of halogens is 1. The van der Waals surface area contributed by atoms with Gasteiger partial charge in [0, 0.05) is 32.4 Å². The number of anilines is 1. The number of likely N-dealkylation sites (N-methyl/N-ethyl adjacent to an activating group) is 1. The minimum Gasteiger partial charge on any atom is -0.338 e. The lowest BCUT2D eigenvalue weighted by molar-refractivity contribution is 0.311. The van der Waals surface area contributed by atoms with Crippen LogP contribution in [0.1, 0.15) is 12.6 Å². The van der Waals surface area contributed by atoms with Crippen LogP contribution < -0.4 is 4.90 Å². The molecule has 4 nitrogen and oxygen atoms in total. The first-order chi connectivity index (χ1) is 7.70. The summed E-state index contributed by atoms with van der Waals surface area (Å²) < 4.78 is 1.16. The first kappa shape index (κ1) is 12.0. The Kier molecular flexibility index (Phi) is 3.96. The molecule has 1 aromatic heterocycles. The third-order valence-electron chi connectivity index (χ3n) is 2.93. The maximum Gasteiger partial charge on any atom is 0.225 e. The lowest BCUT2D eigenvalue weighted by Gasteiger charge is -2.32. The van der Waals surface area contributed by atoms with E-state index in [1.54, 1.807) is 0 Å². The van der Waals surface area contributed by atoms with E-state index in [2.05, 4.69) is 56.3 Å². The van der Waals surface area contributed by atoms with Gasteiger partial charge in [-0.05, 0) is 36.1 Å². The van der Waals surface area contributed by atoms with Gasteiger partial charge in [0.2, 0.25) is 5.95 Å². The van der Waals surface area contributed by atoms with Gasteiger partial charge in [-0.15, -0.1) is 0 Å². The molecule has 0 atom stereocenters. The van der Waals surface area contributed by atoms with Crippen LogP contribution in [0.5, 0.6) is 0 Å². The molecule has 5 heteroatoms. The highest BCUT2D eigenvalue weighted by Gasteiger charge is 2.16. The number of aromatic nitrogens is 2. The van der Waals surface area contributed by atoms with Gasteiger partial charge in [0.15, 0.2) is 0 Å². The van der Waals surface area contributed by atoms with Crippen LogP contribution in [0.25, 0.3) is 0 Å². The quantitative estimate of drug-likeness (QED) is 0.767. The Hall–Kier alpha value is -0.430. The third-order valence-corrected chi connectivity index (χ3v) is 3.83. The molecule has 1 aliphatic rings. The van der Waals surface area contributed by atoms with Crippen molar-refractivity contribution in [2.45, 2.75) is 13.3 Å². The molecule has 0 N–H and O–H groups in total. The highest BCUT2D eigenvalue weighted by Crippen LogP contribution is 2.15. The predicted octanol–water partition coefficient (Wildman–Crippen LogP) is 1.40. The van der Waals surface area contributed by atoms with Crippen molar-refractivity contribution in [3.63, 3.8) is 0 Å². The molecule has 0 unspecified atom stereocenters. The number of piperazine rings is 1. The zero-order valence-electron chi connectivity index (χ0n) is 9.78. The lowest BCUT2D eigenvalue weighted by Crippen LogP contribution is -2.45. The first-order valence-corrected chi connectivity index (χ1v) is 6.73. The van der Waals surface area contributed by atoms with Gasteiger partial charge < -0.3 is 9.80 Å². The smallest absolute Gasteiger partial charge is 0.225 e. The summed E-state index contributed by atoms with van der Waals surface area (Å²) in [7, 11) is 2.16. The number of hydrogen-bond acceptors (Lipinski definition) is 4. The van der Waals surface area contributed by atoms with Crippen molar-refractivity contribution in [1.82, 2.24) is 14.9 Å². The summed E-state index contributed by atoms with van der Waals surface area (Å²) in [6, 6.07) is 0. The molecule has 2 rings (SSSR count). The van der Waals surface area contributed by atoms with Crippen LogP contribution in [-0.2, 0) is 6.42 Å². The topological polar surface area (TPSA) is 32.3 Å². The van der Waals surface area contributed by atoms with Crippen LogP contribution in [0, 0.1) is 3.57 Å². The van der Waals surface area contributed by atoms with E-state index in [9.17, 15) is 0 Å². The molecule has 0 aromatic carbocycles. The fraction of sp³-hybridized carbons (Fsp3) is 0.636. The number of aryl methyl sites for hydroxylation is 1. The summed E-state index contributed by atoms with van der Waals surface area (Å²) in [6.45, 7) is 6.38. The van der Waals surface area contributed by atoms with Gasteiger partial charge in [-0.3, -0.25) is 0 Å². The van der Waals surface area contributed by atoms with Gasteiger partial charge in [-0.1, -0.05) is 6.92 Å². The van der Waals surface area contributed by atoms with Crippen molar-refractivity contribution < 1.29 is 0 Å². The molecule has 1 aliphatic heterocycles. The Labute approximate surface area is 110 Å². The van der Waals surface area contributed by atoms with Crippen LogP contribution in [0.15, 0.2) is 6.20 Å². The summed E-state index contributed by atoms with van der Waals surface area (Å²) in [6.07, 6.45) is 2.90. The average molecular weight is 332 g/mol. The van der Waals surface area contributed by atoms with Gasteiger partial charge in [0.05, 0.1) is 9.26 Å². The summed E-state index contributed by atoms with van der Waals surface area (Å²) >= 11 is 2.30. The van der Waals surface area contributed by atoms with E-state index in [0.717, 1.165) is 47.8 Å². The van der Waals surface area contributed by atoms with Crippen molar-refractivity contribution >= 4 is 28.5 Å². The molecule has 0 saturated carbocycles. The Morgan fingerprint density at radius 3 is 2.62 bits per heavy atom. The van der Waals surface area contributed by atoms with E-state index in [0.29, 0.717) is 0 Å². The van der Waals surface area contributed by atoms with E-state index in [4.69, 9.17) is 0 Å². The molecule has 2 heterocycles. The summed E-state index contributed by atoms with van der Waals surface area (Å²) in [5.41, 5.74) is 1.16. The van der Waals surface area contributed by atoms with E-state index in [-0.39, 0.29) is 0 Å². The van der Waals surface area contributed by atoms with E-state index < -0.39 is 0 Å². The normalized spacial score (nSPS) is 17.8. The lowest BCUT2D eigenvalue weighted by atomic mass is 10.3. The van der Waals surface area contributed by atoms with E-state index >= 15 is 0 Å². The van der Waals surface area contributed by atoms with Crippen LogP contribution in [0.2, 0.25) is 0 Å². The molecule has 0 bridgehead atoms. The monoisotopic (exact) mass is 332 g/mol. The molecule has 0 spiro atoms. The molecule has 0 aliphatic carbocycles. The fourth-order valence-corrected chi connectivity index (χ4v) is 2.44. The highest BCUT2D eigenvalue weighted by molar-refractivity contribution is 14.1. The molecular weight excluding hydrogens is 315 g/mol. The van der Waals surface area contributed by atoms with Crippen molar-refractivity contribution in [3.05, 3.63) is 15.5 Å². The van der Waals surface area contributed by atoms with Crippen molar-refractivity contribution in [2.75, 3.05) is 38.1 Å². The summed E-state index contributed by atoms with van der Waals surface area (Å²) in [5, 5.41) is 0. The van der Waals surface area contributed by atoms with E-state index in [1.165, 1.54) is 0 Å². The minimum atomic E-state index is 0.894. The SMILES string of the molecule is CCc1nc(N2CCN(C)CC2)ncc1I. The second-order valence-electron chi connectivity index (χ2n) is 4.11. The molecule has 0 radical (unpaired) electrons. The predicted molar refractivity (Wildman–Crippen MR) is 73.8 cm³/mol. The van der Waals surface area contributed by atoms with Crippen LogP contribution in [0.3, 0.4) is 0 Å². The summed E-state index contributed by atoms with van der Waals surface area (Å²) in [4.78, 5) is 13.7. The van der Waals surface area contributed by atoms with Gasteiger partial charge in [-0.2, -0.15) is 0 Å². The van der Waals surface area contributed by atoms with Crippen LogP contribution in [0.4, 0.5) is 5.95 Å². The third kappa shape index (κ3) is 2.63. The Bertz CT molecular complexity index is 361. The zero-order valence-corrected chi connectivity index (χ0v) is 11.9. The van der Waals surface area contributed by atoms with Gasteiger partial charge in [0.1, 0.15) is 0 Å². The standard InChI is InChI=1S/C11H17IN4/c1-3-10-9(12)8-13-11(14-10)16-6-4-15(2)5-7-16/h8H,3-7H2,1-2H3. The molecule has 1 saturated heterocycles. The maximum absolute atomic E-state index is 4.63. The maximum atomic E-state index is 4.63. The second kappa shape index (κ2) is 5.27. The van der Waals surface area contributed by atoms with Gasteiger partial charge in [0.25, 0.3) is 0 Å². The molecule has 0 amide bonds. The number of hydrogen-bond donors (Lipinski definition) is 0. The van der Waals surface area contributed by atoms with Crippen LogP contribution in [-0.4, -0.2) is 48.1 Å². The fourth-order valence-electron chi connectivity index (χ4n) is 1.80. The number of nitrogens with zero attached hydrogens (tertiary/aromatic N) is 4. The second-order valence-corrected chi connectivity index (χ2v) is 5.27. The van der Waals surface area contributed by atoms with E-state index in [1.807, 2.05) is 6.20 Å². The van der Waals surface area contributed by atoms with Crippen molar-refractivity contribution in [3.8, 4) is 0 Å². The van der Waals surface area contributed by atoms with Crippen molar-refractivity contribution in [1.29, 1.82) is 0 Å². The largest absolute Gasteiger partial charge is 0.338 e.